The minimum absolute atomic E-state index is 0.322. The number of hydrogen-bond donors (Lipinski definition) is 1. The maximum Gasteiger partial charge on any atom is 0.218 e. The Bertz CT molecular complexity index is 499. The average Bonchev–Trinajstić information content (AvgIpc) is 2.80. The number of nitrogens with zero attached hydrogens (tertiary/aromatic N) is 2. The fraction of sp³-hybridized carbons (Fsp3) is 0.385. The second kappa shape index (κ2) is 5.82. The Labute approximate surface area is 111 Å². The SMILES string of the molecule is COc1cc(NC(C)Cc2cccs2)nc(C)n1. The molecule has 2 aromatic rings. The van der Waals surface area contributed by atoms with E-state index in [2.05, 4.69) is 39.7 Å². The standard InChI is InChI=1S/C13H17N3OS/c1-9(7-11-5-4-6-18-11)14-12-8-13(17-3)16-10(2)15-12/h4-6,8-9H,7H2,1-3H3,(H,14,15,16). The van der Waals surface area contributed by atoms with Crippen LogP contribution in [0.3, 0.4) is 0 Å². The molecule has 1 N–H and O–H groups in total. The Morgan fingerprint density at radius 2 is 2.28 bits per heavy atom. The first kappa shape index (κ1) is 12.8. The van der Waals surface area contributed by atoms with E-state index in [4.69, 9.17) is 4.74 Å². The third kappa shape index (κ3) is 3.43. The lowest BCUT2D eigenvalue weighted by Crippen LogP contribution is -2.18. The van der Waals surface area contributed by atoms with Crippen molar-refractivity contribution in [1.82, 2.24) is 9.97 Å². The minimum Gasteiger partial charge on any atom is -0.481 e. The summed E-state index contributed by atoms with van der Waals surface area (Å²) in [5.74, 6) is 2.11. The van der Waals surface area contributed by atoms with Crippen LogP contribution in [0.1, 0.15) is 17.6 Å². The van der Waals surface area contributed by atoms with Gasteiger partial charge in [-0.05, 0) is 25.3 Å². The molecule has 0 spiro atoms. The van der Waals surface area contributed by atoms with Gasteiger partial charge in [0.1, 0.15) is 11.6 Å². The molecule has 0 saturated carbocycles. The van der Waals surface area contributed by atoms with Crippen LogP contribution in [0.5, 0.6) is 5.88 Å². The zero-order valence-electron chi connectivity index (χ0n) is 10.8. The van der Waals surface area contributed by atoms with Crippen LogP contribution in [0.2, 0.25) is 0 Å². The summed E-state index contributed by atoms with van der Waals surface area (Å²) in [6, 6.07) is 6.36. The van der Waals surface area contributed by atoms with Crippen molar-refractivity contribution in [2.75, 3.05) is 12.4 Å². The van der Waals surface area contributed by atoms with E-state index < -0.39 is 0 Å². The lowest BCUT2D eigenvalue weighted by atomic mass is 10.2. The average molecular weight is 263 g/mol. The van der Waals surface area contributed by atoms with Gasteiger partial charge in [0.2, 0.25) is 5.88 Å². The van der Waals surface area contributed by atoms with Gasteiger partial charge in [0.25, 0.3) is 0 Å². The van der Waals surface area contributed by atoms with Crippen molar-refractivity contribution in [1.29, 1.82) is 0 Å². The monoisotopic (exact) mass is 263 g/mol. The first-order chi connectivity index (χ1) is 8.67. The molecule has 0 aliphatic heterocycles. The van der Waals surface area contributed by atoms with Crippen LogP contribution >= 0.6 is 11.3 Å². The number of anilines is 1. The number of methoxy groups -OCH3 is 1. The summed E-state index contributed by atoms with van der Waals surface area (Å²) >= 11 is 1.78. The summed E-state index contributed by atoms with van der Waals surface area (Å²) in [5, 5.41) is 5.47. The molecule has 0 amide bonds. The van der Waals surface area contributed by atoms with Crippen LogP contribution in [0.25, 0.3) is 0 Å². The number of nitrogens with one attached hydrogen (secondary N) is 1. The van der Waals surface area contributed by atoms with Gasteiger partial charge in [-0.1, -0.05) is 6.07 Å². The van der Waals surface area contributed by atoms with Crippen molar-refractivity contribution in [2.24, 2.45) is 0 Å². The van der Waals surface area contributed by atoms with E-state index in [-0.39, 0.29) is 0 Å². The van der Waals surface area contributed by atoms with E-state index in [0.717, 1.165) is 12.2 Å². The topological polar surface area (TPSA) is 47.0 Å². The van der Waals surface area contributed by atoms with Crippen molar-refractivity contribution in [3.63, 3.8) is 0 Å². The fourth-order valence-electron chi connectivity index (χ4n) is 1.75. The van der Waals surface area contributed by atoms with Gasteiger partial charge < -0.3 is 10.1 Å². The summed E-state index contributed by atoms with van der Waals surface area (Å²) in [6.07, 6.45) is 0.989. The molecule has 2 rings (SSSR count). The van der Waals surface area contributed by atoms with Crippen LogP contribution in [0.15, 0.2) is 23.6 Å². The second-order valence-corrected chi connectivity index (χ2v) is 5.20. The van der Waals surface area contributed by atoms with Crippen LogP contribution in [0.4, 0.5) is 5.82 Å². The van der Waals surface area contributed by atoms with Gasteiger partial charge in [-0.15, -0.1) is 11.3 Å². The number of aryl methyl sites for hydroxylation is 1. The van der Waals surface area contributed by atoms with Gasteiger partial charge in [-0.3, -0.25) is 0 Å². The third-order valence-corrected chi connectivity index (χ3v) is 3.40. The molecule has 2 heterocycles. The highest BCUT2D eigenvalue weighted by Crippen LogP contribution is 2.16. The highest BCUT2D eigenvalue weighted by Gasteiger charge is 2.07. The third-order valence-electron chi connectivity index (χ3n) is 2.51. The molecule has 0 aromatic carbocycles. The molecule has 0 bridgehead atoms. The second-order valence-electron chi connectivity index (χ2n) is 4.17. The summed E-state index contributed by atoms with van der Waals surface area (Å²) in [5.41, 5.74) is 0. The van der Waals surface area contributed by atoms with Gasteiger partial charge in [0.15, 0.2) is 0 Å². The largest absolute Gasteiger partial charge is 0.481 e. The molecule has 0 aliphatic carbocycles. The fourth-order valence-corrected chi connectivity index (χ4v) is 2.59. The van der Waals surface area contributed by atoms with E-state index in [9.17, 15) is 0 Å². The normalized spacial score (nSPS) is 12.2. The van der Waals surface area contributed by atoms with Crippen LogP contribution in [-0.4, -0.2) is 23.1 Å². The van der Waals surface area contributed by atoms with Crippen LogP contribution < -0.4 is 10.1 Å². The molecule has 1 atom stereocenters. The number of rotatable bonds is 5. The molecule has 0 radical (unpaired) electrons. The number of ether oxygens (including phenoxy) is 1. The van der Waals surface area contributed by atoms with Crippen molar-refractivity contribution >= 4 is 17.2 Å². The summed E-state index contributed by atoms with van der Waals surface area (Å²) in [7, 11) is 1.61. The molecule has 2 aromatic heterocycles. The zero-order valence-corrected chi connectivity index (χ0v) is 11.6. The van der Waals surface area contributed by atoms with Crippen molar-refractivity contribution in [3.8, 4) is 5.88 Å². The van der Waals surface area contributed by atoms with E-state index >= 15 is 0 Å². The lowest BCUT2D eigenvalue weighted by molar-refractivity contribution is 0.396. The first-order valence-electron chi connectivity index (χ1n) is 5.86. The summed E-state index contributed by atoms with van der Waals surface area (Å²) in [4.78, 5) is 9.88. The minimum atomic E-state index is 0.322. The first-order valence-corrected chi connectivity index (χ1v) is 6.74. The molecule has 1 unspecified atom stereocenters. The smallest absolute Gasteiger partial charge is 0.218 e. The molecule has 5 heteroatoms. The highest BCUT2D eigenvalue weighted by atomic mass is 32.1. The van der Waals surface area contributed by atoms with Crippen molar-refractivity contribution < 1.29 is 4.74 Å². The molecule has 18 heavy (non-hydrogen) atoms. The predicted octanol–water partition coefficient (Wildman–Crippen LogP) is 2.90. The lowest BCUT2D eigenvalue weighted by Gasteiger charge is -2.14. The van der Waals surface area contributed by atoms with E-state index in [1.807, 2.05) is 13.0 Å². The molecular formula is C13H17N3OS. The van der Waals surface area contributed by atoms with Crippen molar-refractivity contribution in [3.05, 3.63) is 34.3 Å². The predicted molar refractivity (Wildman–Crippen MR) is 74.4 cm³/mol. The van der Waals surface area contributed by atoms with E-state index in [0.29, 0.717) is 17.7 Å². The molecule has 96 valence electrons. The highest BCUT2D eigenvalue weighted by molar-refractivity contribution is 7.09. The van der Waals surface area contributed by atoms with E-state index in [1.54, 1.807) is 18.4 Å². The van der Waals surface area contributed by atoms with Gasteiger partial charge in [-0.2, -0.15) is 4.98 Å². The summed E-state index contributed by atoms with van der Waals surface area (Å²) < 4.78 is 5.13. The quantitative estimate of drug-likeness (QED) is 0.901. The number of aromatic nitrogens is 2. The molecule has 4 nitrogen and oxygen atoms in total. The maximum absolute atomic E-state index is 5.13. The van der Waals surface area contributed by atoms with Gasteiger partial charge in [-0.25, -0.2) is 4.98 Å². The van der Waals surface area contributed by atoms with Crippen molar-refractivity contribution in [2.45, 2.75) is 26.3 Å². The number of thiophene rings is 1. The Morgan fingerprint density at radius 3 is 2.94 bits per heavy atom. The van der Waals surface area contributed by atoms with Gasteiger partial charge in [0.05, 0.1) is 7.11 Å². The zero-order chi connectivity index (χ0) is 13.0. The Hall–Kier alpha value is -1.62. The number of hydrogen-bond acceptors (Lipinski definition) is 5. The Morgan fingerprint density at radius 1 is 1.44 bits per heavy atom. The molecular weight excluding hydrogens is 246 g/mol. The molecule has 0 fully saturated rings. The Kier molecular flexibility index (Phi) is 4.15. The van der Waals surface area contributed by atoms with Gasteiger partial charge >= 0.3 is 0 Å². The Balaban J connectivity index is 2.02. The van der Waals surface area contributed by atoms with Crippen LogP contribution in [0, 0.1) is 6.92 Å². The molecule has 0 aliphatic rings. The maximum atomic E-state index is 5.13. The molecule has 0 saturated heterocycles. The van der Waals surface area contributed by atoms with Gasteiger partial charge in [0, 0.05) is 23.4 Å². The summed E-state index contributed by atoms with van der Waals surface area (Å²) in [6.45, 7) is 4.00. The van der Waals surface area contributed by atoms with E-state index in [1.165, 1.54) is 4.88 Å². The van der Waals surface area contributed by atoms with Crippen LogP contribution in [-0.2, 0) is 6.42 Å².